The minimum Gasteiger partial charge on any atom is -0.504 e. The first-order chi connectivity index (χ1) is 10.2. The largest absolute Gasteiger partial charge is 0.504 e. The Labute approximate surface area is 149 Å². The predicted octanol–water partition coefficient (Wildman–Crippen LogP) is 3.10. The summed E-state index contributed by atoms with van der Waals surface area (Å²) in [4.78, 5) is 6.64. The molecule has 0 aliphatic carbocycles. The van der Waals surface area contributed by atoms with Gasteiger partial charge in [0.05, 0.1) is 13.2 Å². The summed E-state index contributed by atoms with van der Waals surface area (Å²) >= 11 is 0. The quantitative estimate of drug-likeness (QED) is 0.447. The molecule has 1 heterocycles. The second-order valence-electron chi connectivity index (χ2n) is 5.31. The number of hydrogen-bond donors (Lipinski definition) is 2. The highest BCUT2D eigenvalue weighted by molar-refractivity contribution is 14.0. The number of phenolic OH excluding ortho intramolecular Hbond substituents is 1. The van der Waals surface area contributed by atoms with Crippen molar-refractivity contribution in [3.8, 4) is 11.5 Å². The number of hydrogen-bond acceptors (Lipinski definition) is 3. The van der Waals surface area contributed by atoms with E-state index in [0.717, 1.165) is 18.7 Å². The third-order valence-corrected chi connectivity index (χ3v) is 3.68. The number of aromatic hydroxyl groups is 1. The van der Waals surface area contributed by atoms with Crippen LogP contribution >= 0.6 is 24.0 Å². The summed E-state index contributed by atoms with van der Waals surface area (Å²) in [6, 6.07) is 5.30. The van der Waals surface area contributed by atoms with Crippen LogP contribution in [0.5, 0.6) is 11.5 Å². The number of nitrogens with zero attached hydrogens (tertiary/aromatic N) is 2. The number of halogens is 1. The molecule has 1 aliphatic rings. The second-order valence-corrected chi connectivity index (χ2v) is 5.31. The normalized spacial score (nSPS) is 15.9. The average molecular weight is 419 g/mol. The van der Waals surface area contributed by atoms with Crippen molar-refractivity contribution in [3.63, 3.8) is 0 Å². The molecule has 0 unspecified atom stereocenters. The van der Waals surface area contributed by atoms with Gasteiger partial charge in [-0.25, -0.2) is 4.99 Å². The predicted molar refractivity (Wildman–Crippen MR) is 100 cm³/mol. The molecular weight excluding hydrogens is 393 g/mol. The third-order valence-electron chi connectivity index (χ3n) is 3.68. The lowest BCUT2D eigenvalue weighted by molar-refractivity contribution is 0.318. The van der Waals surface area contributed by atoms with Gasteiger partial charge in [0.1, 0.15) is 0 Å². The topological polar surface area (TPSA) is 71.1 Å². The number of rotatable bonds is 4. The number of aliphatic imine (C=N–C) groups is 1. The van der Waals surface area contributed by atoms with Gasteiger partial charge in [0, 0.05) is 13.1 Å². The Bertz CT molecular complexity index is 486. The average Bonchev–Trinajstić information content (AvgIpc) is 2.77. The Morgan fingerprint density at radius 2 is 1.95 bits per heavy atom. The summed E-state index contributed by atoms with van der Waals surface area (Å²) in [7, 11) is 0. The van der Waals surface area contributed by atoms with Crippen molar-refractivity contribution in [1.29, 1.82) is 0 Å². The van der Waals surface area contributed by atoms with Crippen molar-refractivity contribution in [3.05, 3.63) is 23.8 Å². The fraction of sp³-hybridized carbons (Fsp3) is 0.562. The van der Waals surface area contributed by atoms with Gasteiger partial charge in [-0.3, -0.25) is 0 Å². The van der Waals surface area contributed by atoms with Crippen LogP contribution < -0.4 is 10.5 Å². The van der Waals surface area contributed by atoms with Crippen LogP contribution in [0.3, 0.4) is 0 Å². The van der Waals surface area contributed by atoms with E-state index < -0.39 is 0 Å². The Kier molecular flexibility index (Phi) is 8.37. The molecule has 0 radical (unpaired) electrons. The van der Waals surface area contributed by atoms with E-state index in [1.54, 1.807) is 6.07 Å². The van der Waals surface area contributed by atoms with Crippen molar-refractivity contribution in [1.82, 2.24) is 4.90 Å². The molecule has 2 rings (SSSR count). The number of nitrogens with two attached hydrogens (primary N) is 1. The van der Waals surface area contributed by atoms with Gasteiger partial charge in [-0.05, 0) is 37.5 Å². The molecule has 0 atom stereocenters. The van der Waals surface area contributed by atoms with Crippen LogP contribution in [-0.4, -0.2) is 35.7 Å². The van der Waals surface area contributed by atoms with Crippen LogP contribution in [0, 0.1) is 0 Å². The Morgan fingerprint density at radius 3 is 2.59 bits per heavy atom. The number of likely N-dealkylation sites (tertiary alicyclic amines) is 1. The lowest BCUT2D eigenvalue weighted by Gasteiger charge is -2.21. The highest BCUT2D eigenvalue weighted by Crippen LogP contribution is 2.27. The minimum atomic E-state index is 0. The molecule has 0 saturated carbocycles. The van der Waals surface area contributed by atoms with E-state index in [1.807, 2.05) is 19.1 Å². The number of phenols is 1. The summed E-state index contributed by atoms with van der Waals surface area (Å²) in [5.41, 5.74) is 7.07. The van der Waals surface area contributed by atoms with Gasteiger partial charge < -0.3 is 20.5 Å². The third kappa shape index (κ3) is 5.55. The Balaban J connectivity index is 0.00000242. The maximum atomic E-state index is 9.68. The van der Waals surface area contributed by atoms with Crippen LogP contribution in [0.4, 0.5) is 0 Å². The van der Waals surface area contributed by atoms with E-state index >= 15 is 0 Å². The van der Waals surface area contributed by atoms with Crippen molar-refractivity contribution >= 4 is 29.9 Å². The zero-order chi connectivity index (χ0) is 15.1. The fourth-order valence-corrected chi connectivity index (χ4v) is 2.50. The van der Waals surface area contributed by atoms with Crippen LogP contribution in [0.15, 0.2) is 23.2 Å². The molecule has 0 aromatic heterocycles. The van der Waals surface area contributed by atoms with E-state index in [1.165, 1.54) is 25.7 Å². The molecule has 22 heavy (non-hydrogen) atoms. The summed E-state index contributed by atoms with van der Waals surface area (Å²) in [6.07, 6.45) is 4.92. The van der Waals surface area contributed by atoms with E-state index in [2.05, 4.69) is 9.89 Å². The van der Waals surface area contributed by atoms with Crippen LogP contribution in [0.25, 0.3) is 0 Å². The molecule has 1 aromatic carbocycles. The molecular formula is C16H26IN3O2. The molecule has 124 valence electrons. The molecule has 0 amide bonds. The van der Waals surface area contributed by atoms with E-state index in [-0.39, 0.29) is 29.7 Å². The first kappa shape index (κ1) is 18.9. The highest BCUT2D eigenvalue weighted by Gasteiger charge is 2.11. The lowest BCUT2D eigenvalue weighted by Crippen LogP contribution is -2.38. The fourth-order valence-electron chi connectivity index (χ4n) is 2.50. The van der Waals surface area contributed by atoms with Crippen molar-refractivity contribution in [2.24, 2.45) is 10.7 Å². The molecule has 6 heteroatoms. The second kappa shape index (κ2) is 9.76. The van der Waals surface area contributed by atoms with Gasteiger partial charge >= 0.3 is 0 Å². The number of benzene rings is 1. The Morgan fingerprint density at radius 1 is 1.27 bits per heavy atom. The van der Waals surface area contributed by atoms with E-state index in [4.69, 9.17) is 10.5 Å². The van der Waals surface area contributed by atoms with Crippen LogP contribution in [-0.2, 0) is 6.54 Å². The van der Waals surface area contributed by atoms with Gasteiger partial charge in [-0.15, -0.1) is 24.0 Å². The van der Waals surface area contributed by atoms with Gasteiger partial charge in [-0.1, -0.05) is 18.9 Å². The zero-order valence-electron chi connectivity index (χ0n) is 13.1. The van der Waals surface area contributed by atoms with Gasteiger partial charge in [0.15, 0.2) is 17.5 Å². The highest BCUT2D eigenvalue weighted by atomic mass is 127. The molecule has 0 bridgehead atoms. The molecule has 1 aliphatic heterocycles. The first-order valence-corrected chi connectivity index (χ1v) is 7.70. The molecule has 5 nitrogen and oxygen atoms in total. The maximum absolute atomic E-state index is 9.68. The molecule has 0 spiro atoms. The SMILES string of the molecule is CCOc1cc(CN=C(N)N2CCCCCC2)ccc1O.I. The molecule has 1 aromatic rings. The summed E-state index contributed by atoms with van der Waals surface area (Å²) in [5.74, 6) is 1.27. The number of ether oxygens (including phenoxy) is 1. The van der Waals surface area contributed by atoms with E-state index in [0.29, 0.717) is 24.9 Å². The van der Waals surface area contributed by atoms with Crippen molar-refractivity contribution in [2.45, 2.75) is 39.2 Å². The zero-order valence-corrected chi connectivity index (χ0v) is 15.5. The standard InChI is InChI=1S/C16H25N3O2.HI/c1-2-21-15-11-13(7-8-14(15)20)12-18-16(17)19-9-5-3-4-6-10-19;/h7-8,11,20H,2-6,9-10,12H2,1H3,(H2,17,18);1H. The number of guanidine groups is 1. The summed E-state index contributed by atoms with van der Waals surface area (Å²) in [5, 5.41) is 9.68. The van der Waals surface area contributed by atoms with Crippen molar-refractivity contribution in [2.75, 3.05) is 19.7 Å². The molecule has 1 fully saturated rings. The molecule has 1 saturated heterocycles. The van der Waals surface area contributed by atoms with Gasteiger partial charge in [0.2, 0.25) is 0 Å². The first-order valence-electron chi connectivity index (χ1n) is 7.70. The maximum Gasteiger partial charge on any atom is 0.191 e. The summed E-state index contributed by atoms with van der Waals surface area (Å²) < 4.78 is 5.38. The summed E-state index contributed by atoms with van der Waals surface area (Å²) in [6.45, 7) is 4.91. The van der Waals surface area contributed by atoms with Crippen LogP contribution in [0.2, 0.25) is 0 Å². The van der Waals surface area contributed by atoms with Crippen LogP contribution in [0.1, 0.15) is 38.2 Å². The van der Waals surface area contributed by atoms with Gasteiger partial charge in [0.25, 0.3) is 0 Å². The molecule has 3 N–H and O–H groups in total. The lowest BCUT2D eigenvalue weighted by atomic mass is 10.2. The van der Waals surface area contributed by atoms with Crippen molar-refractivity contribution < 1.29 is 9.84 Å². The monoisotopic (exact) mass is 419 g/mol. The van der Waals surface area contributed by atoms with E-state index in [9.17, 15) is 5.11 Å². The minimum absolute atomic E-state index is 0. The Hall–Kier alpha value is -1.18. The van der Waals surface area contributed by atoms with Gasteiger partial charge in [-0.2, -0.15) is 0 Å². The smallest absolute Gasteiger partial charge is 0.191 e.